The van der Waals surface area contributed by atoms with Crippen LogP contribution in [0.5, 0.6) is 0 Å². The Bertz CT molecular complexity index is 1270. The number of nitrogens with two attached hydrogens (primary N) is 1. The summed E-state index contributed by atoms with van der Waals surface area (Å²) in [5.41, 5.74) is 9.79. The third-order valence-corrected chi connectivity index (χ3v) is 6.03. The zero-order valence-corrected chi connectivity index (χ0v) is 17.7. The van der Waals surface area contributed by atoms with Gasteiger partial charge in [-0.3, -0.25) is 19.8 Å². The molecule has 0 bridgehead atoms. The second-order valence-corrected chi connectivity index (χ2v) is 8.07. The minimum Gasteiger partial charge on any atom is -0.384 e. The molecule has 0 saturated heterocycles. The lowest BCUT2D eigenvalue weighted by atomic mass is 9.74. The molecule has 32 heavy (non-hydrogen) atoms. The monoisotopic (exact) mass is 432 g/mol. The van der Waals surface area contributed by atoms with Gasteiger partial charge in [-0.2, -0.15) is 5.26 Å². The summed E-state index contributed by atoms with van der Waals surface area (Å²) in [6.45, 7) is 3.84. The van der Waals surface area contributed by atoms with E-state index in [0.29, 0.717) is 30.5 Å². The van der Waals surface area contributed by atoms with Crippen molar-refractivity contribution in [2.24, 2.45) is 5.73 Å². The van der Waals surface area contributed by atoms with Gasteiger partial charge in [0, 0.05) is 17.7 Å². The van der Waals surface area contributed by atoms with Crippen molar-refractivity contribution < 1.29 is 14.1 Å². The molecule has 162 valence electrons. The first kappa shape index (κ1) is 21.2. The number of anilines is 1. The van der Waals surface area contributed by atoms with Crippen LogP contribution in [0.2, 0.25) is 0 Å². The Morgan fingerprint density at radius 2 is 1.97 bits per heavy atom. The summed E-state index contributed by atoms with van der Waals surface area (Å²) < 4.78 is 13.8. The van der Waals surface area contributed by atoms with Gasteiger partial charge in [0.2, 0.25) is 0 Å². The first-order chi connectivity index (χ1) is 15.2. The van der Waals surface area contributed by atoms with E-state index in [9.17, 15) is 24.6 Å². The molecular weight excluding hydrogens is 411 g/mol. The second kappa shape index (κ2) is 7.93. The predicted molar refractivity (Wildman–Crippen MR) is 117 cm³/mol. The topological polar surface area (TPSA) is 113 Å². The SMILES string of the molecule is Cc1ccc(C)c(C2C(C#N)=C(N)N(c3ccc(F)cc3[N+](=O)[O-])C3=C2C(=O)CCC3)c1. The van der Waals surface area contributed by atoms with Gasteiger partial charge in [0.05, 0.1) is 28.5 Å². The summed E-state index contributed by atoms with van der Waals surface area (Å²) in [6, 6.07) is 11.1. The highest BCUT2D eigenvalue weighted by molar-refractivity contribution is 6.01. The molecule has 4 rings (SSSR count). The van der Waals surface area contributed by atoms with E-state index in [1.807, 2.05) is 32.0 Å². The molecule has 7 nitrogen and oxygen atoms in total. The minimum absolute atomic E-state index is 0.0153. The Kier molecular flexibility index (Phi) is 5.26. The Morgan fingerprint density at radius 1 is 1.22 bits per heavy atom. The first-order valence-electron chi connectivity index (χ1n) is 10.2. The van der Waals surface area contributed by atoms with Crippen LogP contribution in [0.3, 0.4) is 0 Å². The Hall–Kier alpha value is -3.99. The number of ketones is 1. The van der Waals surface area contributed by atoms with Crippen molar-refractivity contribution in [3.05, 3.63) is 91.7 Å². The van der Waals surface area contributed by atoms with Gasteiger partial charge < -0.3 is 5.73 Å². The molecule has 2 aromatic rings. The van der Waals surface area contributed by atoms with Crippen LogP contribution in [0.15, 0.2) is 59.1 Å². The van der Waals surface area contributed by atoms with Crippen LogP contribution in [-0.2, 0) is 4.79 Å². The maximum Gasteiger partial charge on any atom is 0.296 e. The third-order valence-electron chi connectivity index (χ3n) is 6.03. The van der Waals surface area contributed by atoms with Gasteiger partial charge in [0.15, 0.2) is 5.78 Å². The van der Waals surface area contributed by atoms with E-state index < -0.39 is 22.3 Å². The molecule has 0 radical (unpaired) electrons. The molecule has 0 aromatic heterocycles. The maximum absolute atomic E-state index is 13.8. The van der Waals surface area contributed by atoms with E-state index in [-0.39, 0.29) is 22.9 Å². The normalized spacial score (nSPS) is 18.5. The van der Waals surface area contributed by atoms with Gasteiger partial charge in [-0.15, -0.1) is 0 Å². The number of benzene rings is 2. The Labute approximate surface area is 184 Å². The molecule has 1 atom stereocenters. The molecule has 0 amide bonds. The molecule has 1 aliphatic heterocycles. The number of allylic oxidation sites excluding steroid dienone is 3. The number of hydrogen-bond donors (Lipinski definition) is 1. The number of aryl methyl sites for hydroxylation is 2. The summed E-state index contributed by atoms with van der Waals surface area (Å²) >= 11 is 0. The quantitative estimate of drug-likeness (QED) is 0.558. The third kappa shape index (κ3) is 3.32. The first-order valence-corrected chi connectivity index (χ1v) is 10.2. The zero-order chi connectivity index (χ0) is 23.2. The number of carbonyl (C=O) groups excluding carboxylic acids is 1. The average Bonchev–Trinajstić information content (AvgIpc) is 2.75. The van der Waals surface area contributed by atoms with Gasteiger partial charge >= 0.3 is 0 Å². The molecule has 0 spiro atoms. The van der Waals surface area contributed by atoms with Crippen molar-refractivity contribution in [2.75, 3.05) is 4.90 Å². The Morgan fingerprint density at radius 3 is 2.66 bits per heavy atom. The Balaban J connectivity index is 2.04. The van der Waals surface area contributed by atoms with Crippen molar-refractivity contribution in [3.63, 3.8) is 0 Å². The van der Waals surface area contributed by atoms with E-state index in [1.54, 1.807) is 0 Å². The van der Waals surface area contributed by atoms with E-state index in [0.717, 1.165) is 28.8 Å². The number of nitriles is 1. The number of nitro benzene ring substituents is 1. The van der Waals surface area contributed by atoms with E-state index >= 15 is 0 Å². The molecule has 1 heterocycles. The predicted octanol–water partition coefficient (Wildman–Crippen LogP) is 4.66. The largest absolute Gasteiger partial charge is 0.384 e. The van der Waals surface area contributed by atoms with Crippen LogP contribution in [0.1, 0.15) is 41.9 Å². The molecule has 2 aliphatic rings. The van der Waals surface area contributed by atoms with Crippen LogP contribution in [0.4, 0.5) is 15.8 Å². The van der Waals surface area contributed by atoms with Crippen molar-refractivity contribution in [1.82, 2.24) is 0 Å². The zero-order valence-electron chi connectivity index (χ0n) is 17.7. The van der Waals surface area contributed by atoms with E-state index in [4.69, 9.17) is 5.73 Å². The fourth-order valence-corrected chi connectivity index (χ4v) is 4.58. The van der Waals surface area contributed by atoms with Crippen molar-refractivity contribution >= 4 is 17.2 Å². The number of carbonyl (C=O) groups is 1. The molecule has 0 fully saturated rings. The lowest BCUT2D eigenvalue weighted by molar-refractivity contribution is -0.384. The van der Waals surface area contributed by atoms with Crippen molar-refractivity contribution in [1.29, 1.82) is 5.26 Å². The van der Waals surface area contributed by atoms with E-state index in [1.165, 1.54) is 11.0 Å². The summed E-state index contributed by atoms with van der Waals surface area (Å²) in [6.07, 6.45) is 1.33. The minimum atomic E-state index is -0.761. The highest BCUT2D eigenvalue weighted by atomic mass is 19.1. The number of halogens is 1. The number of hydrogen-bond acceptors (Lipinski definition) is 6. The average molecular weight is 432 g/mol. The van der Waals surface area contributed by atoms with Crippen LogP contribution in [0, 0.1) is 41.1 Å². The number of nitrogens with zero attached hydrogens (tertiary/aromatic N) is 3. The molecule has 0 saturated carbocycles. The van der Waals surface area contributed by atoms with Gasteiger partial charge in [-0.1, -0.05) is 23.8 Å². The molecular formula is C24H21FN4O3. The summed E-state index contributed by atoms with van der Waals surface area (Å²) in [7, 11) is 0. The fraction of sp³-hybridized carbons (Fsp3) is 0.250. The van der Waals surface area contributed by atoms with Crippen LogP contribution < -0.4 is 10.6 Å². The molecule has 1 unspecified atom stereocenters. The molecule has 2 N–H and O–H groups in total. The van der Waals surface area contributed by atoms with Crippen LogP contribution in [0.25, 0.3) is 0 Å². The van der Waals surface area contributed by atoms with E-state index in [2.05, 4.69) is 6.07 Å². The lowest BCUT2D eigenvalue weighted by Crippen LogP contribution is -2.39. The lowest BCUT2D eigenvalue weighted by Gasteiger charge is -2.39. The highest BCUT2D eigenvalue weighted by Gasteiger charge is 2.42. The summed E-state index contributed by atoms with van der Waals surface area (Å²) in [4.78, 5) is 25.5. The number of rotatable bonds is 3. The van der Waals surface area contributed by atoms with Crippen LogP contribution in [-0.4, -0.2) is 10.7 Å². The van der Waals surface area contributed by atoms with Crippen molar-refractivity contribution in [3.8, 4) is 6.07 Å². The van der Waals surface area contributed by atoms with Crippen molar-refractivity contribution in [2.45, 2.75) is 39.0 Å². The van der Waals surface area contributed by atoms with Gasteiger partial charge in [-0.25, -0.2) is 4.39 Å². The highest BCUT2D eigenvalue weighted by Crippen LogP contribution is 2.48. The van der Waals surface area contributed by atoms with Gasteiger partial charge in [0.25, 0.3) is 5.69 Å². The smallest absolute Gasteiger partial charge is 0.296 e. The van der Waals surface area contributed by atoms with Crippen LogP contribution >= 0.6 is 0 Å². The second-order valence-electron chi connectivity index (χ2n) is 8.07. The molecule has 1 aliphatic carbocycles. The fourth-order valence-electron chi connectivity index (χ4n) is 4.58. The number of nitro groups is 1. The number of Topliss-reactive ketones (excluding diaryl/α,β-unsaturated/α-hetero) is 1. The summed E-state index contributed by atoms with van der Waals surface area (Å²) in [5.74, 6) is -1.52. The molecule has 8 heteroatoms. The standard InChI is InChI=1S/C24H21FN4O3/c1-13-6-7-14(2)16(10-13)22-17(12-26)24(27)28(19-4-3-5-21(30)23(19)22)18-9-8-15(25)11-20(18)29(31)32/h6-11,22H,3-5,27H2,1-2H3. The summed E-state index contributed by atoms with van der Waals surface area (Å²) in [5, 5.41) is 21.7. The van der Waals surface area contributed by atoms with Gasteiger partial charge in [0.1, 0.15) is 17.3 Å². The molecule has 2 aromatic carbocycles. The van der Waals surface area contributed by atoms with Gasteiger partial charge in [-0.05, 0) is 49.9 Å². The maximum atomic E-state index is 13.8.